The molecular formula is C16H16ClNO2. The summed E-state index contributed by atoms with van der Waals surface area (Å²) in [7, 11) is 0. The lowest BCUT2D eigenvalue weighted by Gasteiger charge is -2.31. The van der Waals surface area contributed by atoms with Crippen molar-refractivity contribution >= 4 is 23.3 Å². The Morgan fingerprint density at radius 3 is 2.25 bits per heavy atom. The fraction of sp³-hybridized carbons (Fsp3) is 0.188. The van der Waals surface area contributed by atoms with Crippen molar-refractivity contribution in [3.63, 3.8) is 0 Å². The van der Waals surface area contributed by atoms with Gasteiger partial charge in [0.2, 0.25) is 0 Å². The molecule has 2 rings (SSSR count). The van der Waals surface area contributed by atoms with Gasteiger partial charge in [0, 0.05) is 10.7 Å². The van der Waals surface area contributed by atoms with Gasteiger partial charge in [0.25, 0.3) is 0 Å². The number of rotatable bonds is 5. The molecule has 0 fully saturated rings. The molecule has 0 saturated heterocycles. The fourth-order valence-corrected chi connectivity index (χ4v) is 2.32. The van der Waals surface area contributed by atoms with Gasteiger partial charge in [-0.05, 0) is 36.2 Å². The molecule has 4 heteroatoms. The average molecular weight is 290 g/mol. The molecule has 0 aromatic heterocycles. The van der Waals surface area contributed by atoms with Crippen LogP contribution in [-0.4, -0.2) is 11.1 Å². The first kappa shape index (κ1) is 14.4. The number of hydrogen-bond donors (Lipinski definition) is 2. The predicted molar refractivity (Wildman–Crippen MR) is 81.1 cm³/mol. The van der Waals surface area contributed by atoms with Gasteiger partial charge >= 0.3 is 5.97 Å². The molecule has 0 spiro atoms. The van der Waals surface area contributed by atoms with Crippen LogP contribution < -0.4 is 5.32 Å². The molecular weight excluding hydrogens is 274 g/mol. The van der Waals surface area contributed by atoms with Gasteiger partial charge in [-0.15, -0.1) is 0 Å². The largest absolute Gasteiger partial charge is 0.479 e. The second-order valence-electron chi connectivity index (χ2n) is 4.56. The Morgan fingerprint density at radius 2 is 1.75 bits per heavy atom. The molecule has 0 aliphatic carbocycles. The van der Waals surface area contributed by atoms with Crippen LogP contribution in [0.5, 0.6) is 0 Å². The molecule has 0 aliphatic heterocycles. The van der Waals surface area contributed by atoms with E-state index in [1.807, 2.05) is 37.3 Å². The summed E-state index contributed by atoms with van der Waals surface area (Å²) in [6.07, 6.45) is 0.416. The maximum Gasteiger partial charge on any atom is 0.334 e. The second-order valence-corrected chi connectivity index (χ2v) is 5.00. The molecule has 2 aromatic rings. The summed E-state index contributed by atoms with van der Waals surface area (Å²) >= 11 is 5.88. The third kappa shape index (κ3) is 2.78. The van der Waals surface area contributed by atoms with Gasteiger partial charge in [-0.3, -0.25) is 0 Å². The van der Waals surface area contributed by atoms with E-state index in [2.05, 4.69) is 5.32 Å². The Labute approximate surface area is 123 Å². The number of para-hydroxylation sites is 1. The van der Waals surface area contributed by atoms with Crippen molar-refractivity contribution in [2.24, 2.45) is 0 Å². The van der Waals surface area contributed by atoms with E-state index >= 15 is 0 Å². The number of carboxylic acids is 1. The van der Waals surface area contributed by atoms with Crippen molar-refractivity contribution in [2.75, 3.05) is 5.32 Å². The minimum absolute atomic E-state index is 0.416. The molecule has 0 saturated carbocycles. The maximum atomic E-state index is 11.8. The normalized spacial score (nSPS) is 13.5. The van der Waals surface area contributed by atoms with Crippen molar-refractivity contribution in [2.45, 2.75) is 18.9 Å². The molecule has 1 unspecified atom stereocenters. The third-order valence-electron chi connectivity index (χ3n) is 3.36. The number of halogens is 1. The molecule has 2 N–H and O–H groups in total. The van der Waals surface area contributed by atoms with E-state index in [9.17, 15) is 9.90 Å². The maximum absolute atomic E-state index is 11.8. The van der Waals surface area contributed by atoms with Crippen LogP contribution in [0.4, 0.5) is 5.69 Å². The number of benzene rings is 2. The number of carboxylic acid groups (broad SMARTS) is 1. The molecule has 3 nitrogen and oxygen atoms in total. The predicted octanol–water partition coefficient (Wildman–Crippen LogP) is 4.14. The van der Waals surface area contributed by atoms with Crippen LogP contribution in [0.2, 0.25) is 5.02 Å². The van der Waals surface area contributed by atoms with Gasteiger partial charge in [0.15, 0.2) is 5.54 Å². The first-order valence-electron chi connectivity index (χ1n) is 6.41. The number of carbonyl (C=O) groups is 1. The molecule has 0 heterocycles. The van der Waals surface area contributed by atoms with Gasteiger partial charge < -0.3 is 10.4 Å². The summed E-state index contributed by atoms with van der Waals surface area (Å²) in [5, 5.41) is 13.4. The smallest absolute Gasteiger partial charge is 0.334 e. The Balaban J connectivity index is 2.45. The average Bonchev–Trinajstić information content (AvgIpc) is 2.46. The highest BCUT2D eigenvalue weighted by Crippen LogP contribution is 2.31. The lowest BCUT2D eigenvalue weighted by Crippen LogP contribution is -2.43. The van der Waals surface area contributed by atoms with Gasteiger partial charge in [-0.1, -0.05) is 48.9 Å². The zero-order chi connectivity index (χ0) is 14.6. The Morgan fingerprint density at radius 1 is 1.15 bits per heavy atom. The first-order chi connectivity index (χ1) is 9.58. The standard InChI is InChI=1S/C16H16ClNO2/c1-2-16(15(19)20,12-8-10-13(17)11-9-12)18-14-6-4-3-5-7-14/h3-11,18H,2H2,1H3,(H,19,20). The van der Waals surface area contributed by atoms with Crippen LogP contribution >= 0.6 is 11.6 Å². The third-order valence-corrected chi connectivity index (χ3v) is 3.62. The number of hydrogen-bond acceptors (Lipinski definition) is 2. The molecule has 2 aromatic carbocycles. The van der Waals surface area contributed by atoms with Crippen molar-refractivity contribution in [1.29, 1.82) is 0 Å². The highest BCUT2D eigenvalue weighted by molar-refractivity contribution is 6.30. The molecule has 1 atom stereocenters. The molecule has 20 heavy (non-hydrogen) atoms. The number of anilines is 1. The Kier molecular flexibility index (Phi) is 4.30. The van der Waals surface area contributed by atoms with Crippen LogP contribution in [0.1, 0.15) is 18.9 Å². The SMILES string of the molecule is CCC(Nc1ccccc1)(C(=O)O)c1ccc(Cl)cc1. The van der Waals surface area contributed by atoms with E-state index in [0.717, 1.165) is 5.69 Å². The van der Waals surface area contributed by atoms with Crippen LogP contribution in [-0.2, 0) is 10.3 Å². The Bertz CT molecular complexity index is 583. The monoisotopic (exact) mass is 289 g/mol. The summed E-state index contributed by atoms with van der Waals surface area (Å²) in [5.74, 6) is -0.911. The van der Waals surface area contributed by atoms with E-state index in [1.165, 1.54) is 0 Å². The van der Waals surface area contributed by atoms with E-state index in [0.29, 0.717) is 17.0 Å². The van der Waals surface area contributed by atoms with E-state index in [1.54, 1.807) is 24.3 Å². The fourth-order valence-electron chi connectivity index (χ4n) is 2.20. The zero-order valence-corrected chi connectivity index (χ0v) is 11.9. The molecule has 0 radical (unpaired) electrons. The van der Waals surface area contributed by atoms with E-state index in [4.69, 9.17) is 11.6 Å². The van der Waals surface area contributed by atoms with Crippen LogP contribution in [0.3, 0.4) is 0 Å². The lowest BCUT2D eigenvalue weighted by atomic mass is 9.87. The summed E-state index contributed by atoms with van der Waals surface area (Å²) in [4.78, 5) is 11.8. The lowest BCUT2D eigenvalue weighted by molar-refractivity contribution is -0.142. The summed E-state index contributed by atoms with van der Waals surface area (Å²) < 4.78 is 0. The van der Waals surface area contributed by atoms with E-state index < -0.39 is 11.5 Å². The Hall–Kier alpha value is -2.00. The van der Waals surface area contributed by atoms with E-state index in [-0.39, 0.29) is 0 Å². The first-order valence-corrected chi connectivity index (χ1v) is 6.79. The molecule has 0 amide bonds. The highest BCUT2D eigenvalue weighted by Gasteiger charge is 2.38. The number of aliphatic carboxylic acids is 1. The quantitative estimate of drug-likeness (QED) is 0.869. The van der Waals surface area contributed by atoms with Gasteiger partial charge in [-0.25, -0.2) is 4.79 Å². The minimum atomic E-state index is -1.16. The van der Waals surface area contributed by atoms with Crippen molar-refractivity contribution in [1.82, 2.24) is 0 Å². The number of nitrogens with one attached hydrogen (secondary N) is 1. The second kappa shape index (κ2) is 5.97. The van der Waals surface area contributed by atoms with Crippen molar-refractivity contribution in [3.05, 3.63) is 65.2 Å². The highest BCUT2D eigenvalue weighted by atomic mass is 35.5. The van der Waals surface area contributed by atoms with Gasteiger partial charge in [0.1, 0.15) is 0 Å². The van der Waals surface area contributed by atoms with Crippen LogP contribution in [0, 0.1) is 0 Å². The zero-order valence-electron chi connectivity index (χ0n) is 11.1. The summed E-state index contributed by atoms with van der Waals surface area (Å²) in [6.45, 7) is 1.85. The van der Waals surface area contributed by atoms with Crippen LogP contribution in [0.25, 0.3) is 0 Å². The topological polar surface area (TPSA) is 49.3 Å². The van der Waals surface area contributed by atoms with Crippen molar-refractivity contribution < 1.29 is 9.90 Å². The van der Waals surface area contributed by atoms with Gasteiger partial charge in [0.05, 0.1) is 0 Å². The summed E-state index contributed by atoms with van der Waals surface area (Å²) in [5.41, 5.74) is 0.291. The minimum Gasteiger partial charge on any atom is -0.479 e. The van der Waals surface area contributed by atoms with Crippen molar-refractivity contribution in [3.8, 4) is 0 Å². The van der Waals surface area contributed by atoms with Crippen LogP contribution in [0.15, 0.2) is 54.6 Å². The van der Waals surface area contributed by atoms with Gasteiger partial charge in [-0.2, -0.15) is 0 Å². The summed E-state index contributed by atoms with van der Waals surface area (Å²) in [6, 6.07) is 16.2. The molecule has 0 aliphatic rings. The molecule has 0 bridgehead atoms. The molecule has 104 valence electrons.